The molecule has 2 atom stereocenters. The van der Waals surface area contributed by atoms with E-state index in [4.69, 9.17) is 4.74 Å². The maximum Gasteiger partial charge on any atom is 0.263 e. The van der Waals surface area contributed by atoms with Crippen molar-refractivity contribution >= 4 is 5.91 Å². The summed E-state index contributed by atoms with van der Waals surface area (Å²) in [6.45, 7) is 2.27. The van der Waals surface area contributed by atoms with Crippen LogP contribution in [0.2, 0.25) is 0 Å². The number of nitrogens with zero attached hydrogens (tertiary/aromatic N) is 1. The van der Waals surface area contributed by atoms with Gasteiger partial charge in [0.25, 0.3) is 5.91 Å². The van der Waals surface area contributed by atoms with Gasteiger partial charge < -0.3 is 14.7 Å². The average Bonchev–Trinajstić information content (AvgIpc) is 2.71. The van der Waals surface area contributed by atoms with E-state index in [-0.39, 0.29) is 18.6 Å². The highest BCUT2D eigenvalue weighted by atomic mass is 19.1. The zero-order valence-electron chi connectivity index (χ0n) is 12.3. The lowest BCUT2D eigenvalue weighted by Gasteiger charge is -2.31. The summed E-state index contributed by atoms with van der Waals surface area (Å²) in [5.41, 5.74) is 0. The van der Waals surface area contributed by atoms with Crippen LogP contribution in [0.15, 0.2) is 24.3 Å². The van der Waals surface area contributed by atoms with Crippen molar-refractivity contribution < 1.29 is 19.0 Å². The van der Waals surface area contributed by atoms with Crippen LogP contribution in [-0.4, -0.2) is 41.2 Å². The third-order valence-corrected chi connectivity index (χ3v) is 3.83. The number of likely N-dealkylation sites (tertiary alicyclic amines) is 1. The van der Waals surface area contributed by atoms with E-state index >= 15 is 0 Å². The largest absolute Gasteiger partial charge is 0.481 e. The molecular formula is C16H22FNO3. The summed E-state index contributed by atoms with van der Waals surface area (Å²) >= 11 is 0. The van der Waals surface area contributed by atoms with Gasteiger partial charge in [0.05, 0.1) is 12.6 Å². The minimum atomic E-state index is -0.695. The lowest BCUT2D eigenvalue weighted by molar-refractivity contribution is -0.141. The van der Waals surface area contributed by atoms with Gasteiger partial charge in [-0.3, -0.25) is 4.79 Å². The van der Waals surface area contributed by atoms with Crippen LogP contribution in [0.4, 0.5) is 4.39 Å². The Kier molecular flexibility index (Phi) is 5.56. The first-order valence-electron chi connectivity index (χ1n) is 7.45. The molecule has 2 rings (SSSR count). The fourth-order valence-corrected chi connectivity index (χ4v) is 2.69. The summed E-state index contributed by atoms with van der Waals surface area (Å²) in [5, 5.41) is 9.46. The average molecular weight is 295 g/mol. The molecule has 4 nitrogen and oxygen atoms in total. The van der Waals surface area contributed by atoms with Crippen molar-refractivity contribution in [1.29, 1.82) is 0 Å². The molecule has 0 bridgehead atoms. The van der Waals surface area contributed by atoms with Crippen LogP contribution in [0, 0.1) is 5.82 Å². The summed E-state index contributed by atoms with van der Waals surface area (Å²) < 4.78 is 18.7. The first-order valence-corrected chi connectivity index (χ1v) is 7.45. The zero-order valence-corrected chi connectivity index (χ0v) is 12.3. The lowest BCUT2D eigenvalue weighted by atomic mass is 10.1. The standard InChI is InChI=1S/C16H22FNO3/c1-12(21-15-8-5-6-13(17)10-15)16(20)18-9-4-2-3-7-14(18)11-19/h5-6,8,10,12,14,19H,2-4,7,9,11H2,1H3. The van der Waals surface area contributed by atoms with Crippen LogP contribution in [0.5, 0.6) is 5.75 Å². The molecule has 2 unspecified atom stereocenters. The monoisotopic (exact) mass is 295 g/mol. The third kappa shape index (κ3) is 4.17. The van der Waals surface area contributed by atoms with Crippen LogP contribution in [0.25, 0.3) is 0 Å². The number of rotatable bonds is 4. The molecule has 0 saturated carbocycles. The van der Waals surface area contributed by atoms with E-state index in [0.29, 0.717) is 12.3 Å². The van der Waals surface area contributed by atoms with Crippen molar-refractivity contribution in [1.82, 2.24) is 4.90 Å². The summed E-state index contributed by atoms with van der Waals surface area (Å²) in [4.78, 5) is 14.2. The number of carbonyl (C=O) groups excluding carboxylic acids is 1. The number of benzene rings is 1. The van der Waals surface area contributed by atoms with Crippen molar-refractivity contribution in [2.24, 2.45) is 0 Å². The number of amides is 1. The maximum atomic E-state index is 13.1. The van der Waals surface area contributed by atoms with Gasteiger partial charge in [-0.15, -0.1) is 0 Å². The number of aliphatic hydroxyl groups excluding tert-OH is 1. The van der Waals surface area contributed by atoms with Crippen molar-refractivity contribution in [3.8, 4) is 5.75 Å². The Morgan fingerprint density at radius 2 is 2.29 bits per heavy atom. The predicted molar refractivity (Wildman–Crippen MR) is 77.5 cm³/mol. The predicted octanol–water partition coefficient (Wildman–Crippen LogP) is 2.36. The normalized spacial score (nSPS) is 20.7. The number of aliphatic hydroxyl groups is 1. The Hall–Kier alpha value is -1.62. The second kappa shape index (κ2) is 7.41. The molecule has 0 aliphatic carbocycles. The van der Waals surface area contributed by atoms with E-state index in [1.54, 1.807) is 24.0 Å². The van der Waals surface area contributed by atoms with Gasteiger partial charge >= 0.3 is 0 Å². The van der Waals surface area contributed by atoms with Gasteiger partial charge in [0.1, 0.15) is 11.6 Å². The van der Waals surface area contributed by atoms with E-state index in [2.05, 4.69) is 0 Å². The van der Waals surface area contributed by atoms with Gasteiger partial charge in [0, 0.05) is 12.6 Å². The number of hydrogen-bond donors (Lipinski definition) is 1. The number of ether oxygens (including phenoxy) is 1. The quantitative estimate of drug-likeness (QED) is 0.927. The topological polar surface area (TPSA) is 49.8 Å². The van der Waals surface area contributed by atoms with Crippen molar-refractivity contribution in [2.75, 3.05) is 13.2 Å². The molecular weight excluding hydrogens is 273 g/mol. The van der Waals surface area contributed by atoms with Gasteiger partial charge in [-0.25, -0.2) is 4.39 Å². The number of carbonyl (C=O) groups is 1. The number of hydrogen-bond acceptors (Lipinski definition) is 3. The van der Waals surface area contributed by atoms with Gasteiger partial charge in [-0.1, -0.05) is 18.9 Å². The maximum absolute atomic E-state index is 13.1. The van der Waals surface area contributed by atoms with Crippen molar-refractivity contribution in [3.05, 3.63) is 30.1 Å². The molecule has 1 N–H and O–H groups in total. The van der Waals surface area contributed by atoms with Gasteiger partial charge in [0.2, 0.25) is 0 Å². The Labute approximate surface area is 124 Å². The fourth-order valence-electron chi connectivity index (χ4n) is 2.69. The first-order chi connectivity index (χ1) is 10.1. The SMILES string of the molecule is CC(Oc1cccc(F)c1)C(=O)N1CCCCCC1CO. The molecule has 5 heteroatoms. The zero-order chi connectivity index (χ0) is 15.2. The second-order valence-electron chi connectivity index (χ2n) is 5.43. The Morgan fingerprint density at radius 1 is 1.48 bits per heavy atom. The van der Waals surface area contributed by atoms with Crippen LogP contribution in [-0.2, 0) is 4.79 Å². The molecule has 0 aromatic heterocycles. The van der Waals surface area contributed by atoms with E-state index in [9.17, 15) is 14.3 Å². The molecule has 1 amide bonds. The molecule has 1 heterocycles. The van der Waals surface area contributed by atoms with Crippen LogP contribution < -0.4 is 4.74 Å². The lowest BCUT2D eigenvalue weighted by Crippen LogP contribution is -2.47. The summed E-state index contributed by atoms with van der Waals surface area (Å²) in [6, 6.07) is 5.62. The molecule has 116 valence electrons. The smallest absolute Gasteiger partial charge is 0.263 e. The van der Waals surface area contributed by atoms with Gasteiger partial charge in [-0.2, -0.15) is 0 Å². The van der Waals surface area contributed by atoms with E-state index in [1.807, 2.05) is 0 Å². The molecule has 1 aromatic rings. The molecule has 1 aliphatic heterocycles. The highest BCUT2D eigenvalue weighted by molar-refractivity contribution is 5.81. The first kappa shape index (κ1) is 15.8. The van der Waals surface area contributed by atoms with Crippen LogP contribution >= 0.6 is 0 Å². The minimum absolute atomic E-state index is 0.0293. The highest BCUT2D eigenvalue weighted by Gasteiger charge is 2.29. The molecule has 21 heavy (non-hydrogen) atoms. The van der Waals surface area contributed by atoms with Crippen molar-refractivity contribution in [2.45, 2.75) is 44.8 Å². The molecule has 0 spiro atoms. The molecule has 1 aromatic carbocycles. The van der Waals surface area contributed by atoms with Crippen molar-refractivity contribution in [3.63, 3.8) is 0 Å². The molecule has 1 saturated heterocycles. The van der Waals surface area contributed by atoms with E-state index in [0.717, 1.165) is 25.7 Å². The van der Waals surface area contributed by atoms with E-state index < -0.39 is 11.9 Å². The Balaban J connectivity index is 2.03. The third-order valence-electron chi connectivity index (χ3n) is 3.83. The van der Waals surface area contributed by atoms with Crippen LogP contribution in [0.1, 0.15) is 32.6 Å². The minimum Gasteiger partial charge on any atom is -0.481 e. The van der Waals surface area contributed by atoms with Gasteiger partial charge in [-0.05, 0) is 31.9 Å². The summed E-state index contributed by atoms with van der Waals surface area (Å²) in [5.74, 6) is -0.207. The Bertz CT molecular complexity index is 480. The summed E-state index contributed by atoms with van der Waals surface area (Å²) in [7, 11) is 0. The molecule has 1 aliphatic rings. The second-order valence-corrected chi connectivity index (χ2v) is 5.43. The fraction of sp³-hybridized carbons (Fsp3) is 0.562. The number of halogens is 1. The highest BCUT2D eigenvalue weighted by Crippen LogP contribution is 2.20. The van der Waals surface area contributed by atoms with Crippen LogP contribution in [0.3, 0.4) is 0 Å². The molecule has 1 fully saturated rings. The Morgan fingerprint density at radius 3 is 3.00 bits per heavy atom. The molecule has 0 radical (unpaired) electrons. The van der Waals surface area contributed by atoms with Gasteiger partial charge in [0.15, 0.2) is 6.10 Å². The van der Waals surface area contributed by atoms with E-state index in [1.165, 1.54) is 12.1 Å². The summed E-state index contributed by atoms with van der Waals surface area (Å²) in [6.07, 6.45) is 3.15.